The van der Waals surface area contributed by atoms with Crippen molar-refractivity contribution in [2.75, 3.05) is 0 Å². The summed E-state index contributed by atoms with van der Waals surface area (Å²) >= 11 is 0. The van der Waals surface area contributed by atoms with Gasteiger partial charge in [0.05, 0.1) is 9.79 Å². The minimum absolute atomic E-state index is 0.0179. The molecule has 2 atom stereocenters. The first-order chi connectivity index (χ1) is 17.8. The molecule has 3 aromatic carbocycles. The molecule has 0 fully saturated rings. The van der Waals surface area contributed by atoms with Gasteiger partial charge < -0.3 is 9.47 Å². The molecule has 0 bridgehead atoms. The summed E-state index contributed by atoms with van der Waals surface area (Å²) in [6.07, 6.45) is 0. The predicted octanol–water partition coefficient (Wildman–Crippen LogP) is 2.85. The topological polar surface area (TPSA) is 145 Å². The summed E-state index contributed by atoms with van der Waals surface area (Å²) in [5.41, 5.74) is 1.78. The van der Waals surface area contributed by atoms with Gasteiger partial charge in [-0.2, -0.15) is 9.44 Å². The summed E-state index contributed by atoms with van der Waals surface area (Å²) in [6.45, 7) is 6.35. The first kappa shape index (κ1) is 29.0. The van der Waals surface area contributed by atoms with Gasteiger partial charge in [0.2, 0.25) is 20.0 Å². The number of carbonyl (C=O) groups excluding carboxylic acids is 2. The lowest BCUT2D eigenvalue weighted by atomic mass is 10.2. The number of nitrogens with one attached hydrogen (secondary N) is 2. The van der Waals surface area contributed by atoms with Crippen molar-refractivity contribution in [3.63, 3.8) is 0 Å². The van der Waals surface area contributed by atoms with Gasteiger partial charge in [0.1, 0.15) is 23.6 Å². The molecule has 0 aliphatic heterocycles. The number of sulfonamides is 2. The third-order valence-corrected chi connectivity index (χ3v) is 8.41. The molecular weight excluding hydrogens is 532 g/mol. The molecule has 0 saturated carbocycles. The highest BCUT2D eigenvalue weighted by atomic mass is 32.2. The molecule has 3 aromatic rings. The zero-order valence-corrected chi connectivity index (χ0v) is 22.8. The van der Waals surface area contributed by atoms with Gasteiger partial charge in [-0.25, -0.2) is 26.4 Å². The summed E-state index contributed by atoms with van der Waals surface area (Å²) < 4.78 is 64.9. The van der Waals surface area contributed by atoms with Crippen LogP contribution in [0.15, 0.2) is 82.6 Å². The average Bonchev–Trinajstić information content (AvgIpc) is 2.85. The van der Waals surface area contributed by atoms with E-state index in [1.54, 1.807) is 24.3 Å². The molecule has 202 valence electrons. The molecule has 38 heavy (non-hydrogen) atoms. The minimum atomic E-state index is -3.93. The van der Waals surface area contributed by atoms with Gasteiger partial charge in [-0.15, -0.1) is 0 Å². The Hall–Kier alpha value is -3.58. The van der Waals surface area contributed by atoms with E-state index in [1.165, 1.54) is 62.4 Å². The van der Waals surface area contributed by atoms with Crippen molar-refractivity contribution in [1.82, 2.24) is 9.44 Å². The first-order valence-corrected chi connectivity index (χ1v) is 14.4. The van der Waals surface area contributed by atoms with Crippen molar-refractivity contribution in [1.29, 1.82) is 0 Å². The number of aryl methyl sites for hydroxylation is 2. The zero-order chi connectivity index (χ0) is 28.1. The van der Waals surface area contributed by atoms with E-state index >= 15 is 0 Å². The van der Waals surface area contributed by atoms with E-state index in [9.17, 15) is 26.4 Å². The smallest absolute Gasteiger partial charge is 0.329 e. The lowest BCUT2D eigenvalue weighted by molar-refractivity contribution is -0.136. The highest BCUT2D eigenvalue weighted by molar-refractivity contribution is 7.89. The van der Waals surface area contributed by atoms with Gasteiger partial charge in [-0.3, -0.25) is 0 Å². The Morgan fingerprint density at radius 3 is 1.16 bits per heavy atom. The number of rotatable bonds is 10. The number of ether oxygens (including phenoxy) is 2. The van der Waals surface area contributed by atoms with Crippen LogP contribution in [0.5, 0.6) is 11.5 Å². The Morgan fingerprint density at radius 1 is 0.579 bits per heavy atom. The number of carbonyl (C=O) groups is 2. The van der Waals surface area contributed by atoms with Crippen LogP contribution in [0.3, 0.4) is 0 Å². The van der Waals surface area contributed by atoms with Crippen molar-refractivity contribution < 1.29 is 35.9 Å². The van der Waals surface area contributed by atoms with Crippen LogP contribution in [0.4, 0.5) is 0 Å². The van der Waals surface area contributed by atoms with E-state index in [0.29, 0.717) is 0 Å². The summed E-state index contributed by atoms with van der Waals surface area (Å²) in [5, 5.41) is 0. The Kier molecular flexibility index (Phi) is 9.05. The van der Waals surface area contributed by atoms with Gasteiger partial charge in [0.15, 0.2) is 0 Å². The predicted molar refractivity (Wildman–Crippen MR) is 140 cm³/mol. The van der Waals surface area contributed by atoms with E-state index in [0.717, 1.165) is 11.1 Å². The normalized spacial score (nSPS) is 13.4. The van der Waals surface area contributed by atoms with Gasteiger partial charge in [-0.05, 0) is 76.2 Å². The molecule has 2 N–H and O–H groups in total. The van der Waals surface area contributed by atoms with E-state index < -0.39 is 44.1 Å². The second-order valence-electron chi connectivity index (χ2n) is 8.63. The van der Waals surface area contributed by atoms with E-state index in [2.05, 4.69) is 9.44 Å². The largest absolute Gasteiger partial charge is 0.425 e. The van der Waals surface area contributed by atoms with E-state index in [-0.39, 0.29) is 21.3 Å². The van der Waals surface area contributed by atoms with Gasteiger partial charge in [0, 0.05) is 0 Å². The van der Waals surface area contributed by atoms with Crippen LogP contribution < -0.4 is 18.9 Å². The van der Waals surface area contributed by atoms with Crippen molar-refractivity contribution in [3.05, 3.63) is 83.9 Å². The van der Waals surface area contributed by atoms with Crippen LogP contribution in [0.25, 0.3) is 0 Å². The molecule has 0 aliphatic rings. The van der Waals surface area contributed by atoms with Crippen LogP contribution in [-0.4, -0.2) is 40.9 Å². The molecule has 0 unspecified atom stereocenters. The summed E-state index contributed by atoms with van der Waals surface area (Å²) in [5.74, 6) is -1.51. The van der Waals surface area contributed by atoms with Crippen LogP contribution in [0.1, 0.15) is 25.0 Å². The van der Waals surface area contributed by atoms with Crippen molar-refractivity contribution in [3.8, 4) is 11.5 Å². The molecule has 0 spiro atoms. The lowest BCUT2D eigenvalue weighted by Crippen LogP contribution is -2.40. The van der Waals surface area contributed by atoms with E-state index in [1.807, 2.05) is 13.8 Å². The van der Waals surface area contributed by atoms with Gasteiger partial charge in [0.25, 0.3) is 0 Å². The van der Waals surface area contributed by atoms with Crippen LogP contribution in [-0.2, 0) is 29.6 Å². The van der Waals surface area contributed by atoms with E-state index in [4.69, 9.17) is 9.47 Å². The third kappa shape index (κ3) is 7.71. The third-order valence-electron chi connectivity index (χ3n) is 5.29. The van der Waals surface area contributed by atoms with Crippen molar-refractivity contribution in [2.24, 2.45) is 0 Å². The Bertz CT molecular complexity index is 1380. The average molecular weight is 561 g/mol. The molecule has 10 nitrogen and oxygen atoms in total. The Labute approximate surface area is 222 Å². The zero-order valence-electron chi connectivity index (χ0n) is 21.2. The fourth-order valence-electron chi connectivity index (χ4n) is 3.12. The molecule has 12 heteroatoms. The number of hydrogen-bond donors (Lipinski definition) is 2. The monoisotopic (exact) mass is 560 g/mol. The molecule has 0 aromatic heterocycles. The standard InChI is InChI=1S/C26H28N2O8S2/c1-17-5-13-23(14-6-17)37(31,32)27-19(3)25(29)35-21-9-11-22(12-10-21)36-26(30)20(4)28-38(33,34)24-15-7-18(2)8-16-24/h5-16,19-20,27-28H,1-4H3/t19-,20-/m0/s1. The molecule has 0 amide bonds. The lowest BCUT2D eigenvalue weighted by Gasteiger charge is -2.15. The maximum atomic E-state index is 12.5. The first-order valence-electron chi connectivity index (χ1n) is 11.5. The quantitative estimate of drug-likeness (QED) is 0.284. The molecular formula is C26H28N2O8S2. The van der Waals surface area contributed by atoms with Crippen LogP contribution in [0, 0.1) is 13.8 Å². The van der Waals surface area contributed by atoms with Crippen molar-refractivity contribution >= 4 is 32.0 Å². The molecule has 0 aliphatic carbocycles. The molecule has 0 radical (unpaired) electrons. The number of esters is 2. The summed E-state index contributed by atoms with van der Waals surface area (Å²) in [6, 6.07) is 15.4. The minimum Gasteiger partial charge on any atom is -0.425 e. The van der Waals surface area contributed by atoms with Crippen LogP contribution in [0.2, 0.25) is 0 Å². The fraction of sp³-hybridized carbons (Fsp3) is 0.231. The SMILES string of the molecule is Cc1ccc(S(=O)(=O)N[C@@H](C)C(=O)Oc2ccc(OC(=O)[C@H](C)NS(=O)(=O)c3ccc(C)cc3)cc2)cc1. The second kappa shape index (κ2) is 11.9. The molecule has 3 rings (SSSR count). The number of benzene rings is 3. The fourth-order valence-corrected chi connectivity index (χ4v) is 5.50. The van der Waals surface area contributed by atoms with Crippen LogP contribution >= 0.6 is 0 Å². The molecule has 0 saturated heterocycles. The second-order valence-corrected chi connectivity index (χ2v) is 12.1. The summed E-state index contributed by atoms with van der Waals surface area (Å²) in [4.78, 5) is 24.8. The van der Waals surface area contributed by atoms with Gasteiger partial charge >= 0.3 is 11.9 Å². The highest BCUT2D eigenvalue weighted by Crippen LogP contribution is 2.19. The maximum Gasteiger partial charge on any atom is 0.329 e. The maximum absolute atomic E-state index is 12.5. The number of hydrogen-bond acceptors (Lipinski definition) is 8. The highest BCUT2D eigenvalue weighted by Gasteiger charge is 2.25. The van der Waals surface area contributed by atoms with Gasteiger partial charge in [-0.1, -0.05) is 35.4 Å². The summed E-state index contributed by atoms with van der Waals surface area (Å²) in [7, 11) is -7.86. The van der Waals surface area contributed by atoms with Crippen molar-refractivity contribution in [2.45, 2.75) is 49.6 Å². The molecule has 0 heterocycles. The Balaban J connectivity index is 1.55. The Morgan fingerprint density at radius 2 is 0.868 bits per heavy atom.